The summed E-state index contributed by atoms with van der Waals surface area (Å²) >= 11 is 0. The minimum absolute atomic E-state index is 0.359. The Morgan fingerprint density at radius 1 is 1.28 bits per heavy atom. The average Bonchev–Trinajstić information content (AvgIpc) is 2.76. The fourth-order valence-corrected chi connectivity index (χ4v) is 2.95. The fraction of sp³-hybridized carbons (Fsp3) is 0.800. The third kappa shape index (κ3) is 3.74. The minimum atomic E-state index is 0.359. The van der Waals surface area contributed by atoms with Gasteiger partial charge in [0.15, 0.2) is 0 Å². The molecule has 3 heteroatoms. The lowest BCUT2D eigenvalue weighted by Crippen LogP contribution is -2.41. The molecule has 3 nitrogen and oxygen atoms in total. The topological polar surface area (TPSA) is 23.6 Å². The Bertz CT molecular complexity index is 342. The quantitative estimate of drug-likeness (QED) is 0.710. The summed E-state index contributed by atoms with van der Waals surface area (Å²) in [4.78, 5) is 16.1. The predicted molar refractivity (Wildman–Crippen MR) is 73.0 cm³/mol. The van der Waals surface area contributed by atoms with Crippen LogP contribution in [0.4, 0.5) is 0 Å². The second kappa shape index (κ2) is 6.80. The van der Waals surface area contributed by atoms with Crippen molar-refractivity contribution in [2.45, 2.75) is 39.0 Å². The van der Waals surface area contributed by atoms with Crippen LogP contribution in [-0.4, -0.2) is 48.4 Å². The number of likely N-dealkylation sites (tertiary alicyclic amines) is 2. The van der Waals surface area contributed by atoms with Gasteiger partial charge < -0.3 is 4.90 Å². The Kier molecular flexibility index (Phi) is 5.07. The molecule has 18 heavy (non-hydrogen) atoms. The van der Waals surface area contributed by atoms with Gasteiger partial charge in [0.2, 0.25) is 5.91 Å². The largest absolute Gasteiger partial charge is 0.342 e. The highest BCUT2D eigenvalue weighted by Crippen LogP contribution is 2.20. The first-order chi connectivity index (χ1) is 8.79. The number of rotatable bonds is 3. The Morgan fingerprint density at radius 2 is 2.17 bits per heavy atom. The summed E-state index contributed by atoms with van der Waals surface area (Å²) in [6, 6.07) is 0. The zero-order valence-electron chi connectivity index (χ0n) is 11.5. The molecule has 2 aliphatic rings. The lowest BCUT2D eigenvalue weighted by molar-refractivity contribution is -0.128. The van der Waals surface area contributed by atoms with E-state index in [1.54, 1.807) is 0 Å². The highest BCUT2D eigenvalue weighted by atomic mass is 16.2. The SMILES string of the molecule is CCC#CCN1CCC[C@H](CN2CCCC2=O)C1. The summed E-state index contributed by atoms with van der Waals surface area (Å²) < 4.78 is 0. The fourth-order valence-electron chi connectivity index (χ4n) is 2.95. The summed E-state index contributed by atoms with van der Waals surface area (Å²) in [5.74, 6) is 7.37. The van der Waals surface area contributed by atoms with Crippen LogP contribution >= 0.6 is 0 Å². The van der Waals surface area contributed by atoms with Crippen LogP contribution in [0.15, 0.2) is 0 Å². The van der Waals surface area contributed by atoms with Crippen molar-refractivity contribution in [2.75, 3.05) is 32.7 Å². The van der Waals surface area contributed by atoms with Gasteiger partial charge in [-0.3, -0.25) is 9.69 Å². The highest BCUT2D eigenvalue weighted by molar-refractivity contribution is 5.78. The third-order valence-corrected chi connectivity index (χ3v) is 3.86. The first-order valence-corrected chi connectivity index (χ1v) is 7.25. The van der Waals surface area contributed by atoms with E-state index < -0.39 is 0 Å². The summed E-state index contributed by atoms with van der Waals surface area (Å²) in [6.45, 7) is 7.22. The van der Waals surface area contributed by atoms with Gasteiger partial charge >= 0.3 is 0 Å². The summed E-state index contributed by atoms with van der Waals surface area (Å²) in [5.41, 5.74) is 0. The van der Waals surface area contributed by atoms with Crippen molar-refractivity contribution in [3.63, 3.8) is 0 Å². The lowest BCUT2D eigenvalue weighted by atomic mass is 9.97. The summed E-state index contributed by atoms with van der Waals surface area (Å²) in [6.07, 6.45) is 5.27. The standard InChI is InChI=1S/C15H24N2O/c1-2-3-4-9-16-10-5-7-14(12-16)13-17-11-6-8-15(17)18/h14H,2,5-13H2,1H3/t14-/m0/s1. The van der Waals surface area contributed by atoms with E-state index in [9.17, 15) is 4.79 Å². The molecule has 0 radical (unpaired) electrons. The zero-order valence-corrected chi connectivity index (χ0v) is 11.5. The number of amides is 1. The molecule has 100 valence electrons. The van der Waals surface area contributed by atoms with Gasteiger partial charge in [0.1, 0.15) is 0 Å². The maximum absolute atomic E-state index is 11.6. The Hall–Kier alpha value is -1.01. The van der Waals surface area contributed by atoms with Crippen LogP contribution < -0.4 is 0 Å². The van der Waals surface area contributed by atoms with Crippen LogP contribution in [0.2, 0.25) is 0 Å². The van der Waals surface area contributed by atoms with E-state index in [1.807, 2.05) is 0 Å². The smallest absolute Gasteiger partial charge is 0.222 e. The second-order valence-electron chi connectivity index (χ2n) is 5.39. The van der Waals surface area contributed by atoms with Crippen molar-refractivity contribution in [2.24, 2.45) is 5.92 Å². The molecule has 2 heterocycles. The van der Waals surface area contributed by atoms with Gasteiger partial charge in [0, 0.05) is 32.5 Å². The molecule has 0 aliphatic carbocycles. The first kappa shape index (κ1) is 13.4. The number of hydrogen-bond acceptors (Lipinski definition) is 2. The van der Waals surface area contributed by atoms with Crippen molar-refractivity contribution in [1.29, 1.82) is 0 Å². The molecule has 0 aromatic rings. The van der Waals surface area contributed by atoms with Gasteiger partial charge in [-0.2, -0.15) is 0 Å². The molecule has 2 aliphatic heterocycles. The Labute approximate surface area is 111 Å². The molecular formula is C15H24N2O. The van der Waals surface area contributed by atoms with Crippen LogP contribution in [-0.2, 0) is 4.79 Å². The Balaban J connectivity index is 1.77. The zero-order chi connectivity index (χ0) is 12.8. The summed E-state index contributed by atoms with van der Waals surface area (Å²) in [5, 5.41) is 0. The van der Waals surface area contributed by atoms with Crippen molar-refractivity contribution in [3.05, 3.63) is 0 Å². The normalized spacial score (nSPS) is 25.1. The molecule has 0 aromatic carbocycles. The van der Waals surface area contributed by atoms with Gasteiger partial charge in [-0.15, -0.1) is 5.92 Å². The molecule has 1 amide bonds. The first-order valence-electron chi connectivity index (χ1n) is 7.25. The predicted octanol–water partition coefficient (Wildman–Crippen LogP) is 1.73. The van der Waals surface area contributed by atoms with Gasteiger partial charge in [-0.05, 0) is 31.7 Å². The van der Waals surface area contributed by atoms with E-state index in [2.05, 4.69) is 28.6 Å². The molecule has 2 fully saturated rings. The highest BCUT2D eigenvalue weighted by Gasteiger charge is 2.26. The van der Waals surface area contributed by atoms with Crippen molar-refractivity contribution >= 4 is 5.91 Å². The number of carbonyl (C=O) groups is 1. The van der Waals surface area contributed by atoms with Crippen LogP contribution in [0, 0.1) is 17.8 Å². The van der Waals surface area contributed by atoms with Crippen molar-refractivity contribution in [1.82, 2.24) is 9.80 Å². The van der Waals surface area contributed by atoms with E-state index in [-0.39, 0.29) is 0 Å². The molecule has 0 bridgehead atoms. The monoisotopic (exact) mass is 248 g/mol. The minimum Gasteiger partial charge on any atom is -0.342 e. The number of nitrogens with zero attached hydrogens (tertiary/aromatic N) is 2. The molecule has 1 atom stereocenters. The molecule has 2 saturated heterocycles. The maximum atomic E-state index is 11.6. The molecular weight excluding hydrogens is 224 g/mol. The van der Waals surface area contributed by atoms with Crippen LogP contribution in [0.1, 0.15) is 39.0 Å². The lowest BCUT2D eigenvalue weighted by Gasteiger charge is -2.33. The third-order valence-electron chi connectivity index (χ3n) is 3.86. The molecule has 0 N–H and O–H groups in total. The number of carbonyl (C=O) groups excluding carboxylic acids is 1. The molecule has 0 spiro atoms. The number of hydrogen-bond donors (Lipinski definition) is 0. The average molecular weight is 248 g/mol. The van der Waals surface area contributed by atoms with E-state index in [4.69, 9.17) is 0 Å². The van der Waals surface area contributed by atoms with Crippen LogP contribution in [0.5, 0.6) is 0 Å². The van der Waals surface area contributed by atoms with E-state index in [0.29, 0.717) is 11.8 Å². The number of piperidine rings is 1. The molecule has 2 rings (SSSR count). The summed E-state index contributed by atoms with van der Waals surface area (Å²) in [7, 11) is 0. The van der Waals surface area contributed by atoms with Crippen molar-refractivity contribution < 1.29 is 4.79 Å². The van der Waals surface area contributed by atoms with Gasteiger partial charge in [-0.25, -0.2) is 0 Å². The molecule has 0 saturated carbocycles. The maximum Gasteiger partial charge on any atom is 0.222 e. The van der Waals surface area contributed by atoms with Crippen molar-refractivity contribution in [3.8, 4) is 11.8 Å². The van der Waals surface area contributed by atoms with E-state index in [0.717, 1.165) is 45.4 Å². The van der Waals surface area contributed by atoms with Gasteiger partial charge in [0.25, 0.3) is 0 Å². The molecule has 0 unspecified atom stereocenters. The van der Waals surface area contributed by atoms with Crippen LogP contribution in [0.3, 0.4) is 0 Å². The Morgan fingerprint density at radius 3 is 2.89 bits per heavy atom. The van der Waals surface area contributed by atoms with Gasteiger partial charge in [0.05, 0.1) is 6.54 Å². The molecule has 0 aromatic heterocycles. The van der Waals surface area contributed by atoms with Gasteiger partial charge in [-0.1, -0.05) is 12.8 Å². The second-order valence-corrected chi connectivity index (χ2v) is 5.39. The van der Waals surface area contributed by atoms with Crippen LogP contribution in [0.25, 0.3) is 0 Å². The van der Waals surface area contributed by atoms with E-state index in [1.165, 1.54) is 19.4 Å². The van der Waals surface area contributed by atoms with E-state index >= 15 is 0 Å².